The maximum atomic E-state index is 12.0. The summed E-state index contributed by atoms with van der Waals surface area (Å²) in [4.78, 5) is 24.0. The number of nitrogens with one attached hydrogen (secondary N) is 2. The van der Waals surface area contributed by atoms with Crippen molar-refractivity contribution in [3.63, 3.8) is 0 Å². The van der Waals surface area contributed by atoms with Crippen LogP contribution < -0.4 is 15.5 Å². The number of aromatic hydroxyl groups is 1. The normalized spacial score (nSPS) is 10.1. The van der Waals surface area contributed by atoms with E-state index in [1.54, 1.807) is 0 Å². The summed E-state index contributed by atoms with van der Waals surface area (Å²) in [5, 5.41) is 23.7. The number of anilines is 1. The quantitative estimate of drug-likeness (QED) is 0.548. The minimum atomic E-state index is -1.11. The van der Waals surface area contributed by atoms with Crippen molar-refractivity contribution >= 4 is 17.7 Å². The van der Waals surface area contributed by atoms with Crippen molar-refractivity contribution in [3.8, 4) is 5.75 Å². The summed E-state index contributed by atoms with van der Waals surface area (Å²) in [7, 11) is 1.81. The summed E-state index contributed by atoms with van der Waals surface area (Å²) in [5.74, 6) is -1.05. The zero-order chi connectivity index (χ0) is 15.0. The van der Waals surface area contributed by atoms with Gasteiger partial charge < -0.3 is 20.8 Å². The van der Waals surface area contributed by atoms with E-state index in [0.717, 1.165) is 17.9 Å². The lowest BCUT2D eigenvalue weighted by atomic mass is 10.2. The Hall–Kier alpha value is -2.28. The Balaban J connectivity index is 2.70. The van der Waals surface area contributed by atoms with Gasteiger partial charge in [-0.05, 0) is 44.3 Å². The molecule has 1 rings (SSSR count). The van der Waals surface area contributed by atoms with Gasteiger partial charge in [0.2, 0.25) is 0 Å². The minimum Gasteiger partial charge on any atom is -0.508 e. The Morgan fingerprint density at radius 2 is 1.85 bits per heavy atom. The van der Waals surface area contributed by atoms with Crippen LogP contribution in [0.3, 0.4) is 0 Å². The summed E-state index contributed by atoms with van der Waals surface area (Å²) < 4.78 is 0. The number of nitrogens with zero attached hydrogens (tertiary/aromatic N) is 1. The van der Waals surface area contributed by atoms with Crippen LogP contribution in [0.15, 0.2) is 24.3 Å². The number of carboxylic acids is 1. The molecule has 20 heavy (non-hydrogen) atoms. The number of hydrogen-bond donors (Lipinski definition) is 4. The highest BCUT2D eigenvalue weighted by atomic mass is 16.4. The Labute approximate surface area is 117 Å². The second kappa shape index (κ2) is 8.00. The molecule has 0 atom stereocenters. The molecular weight excluding hydrogens is 262 g/mol. The molecule has 0 saturated carbocycles. The number of amides is 2. The molecule has 0 spiro atoms. The lowest BCUT2D eigenvalue weighted by molar-refractivity contribution is -0.135. The van der Waals surface area contributed by atoms with Crippen molar-refractivity contribution in [3.05, 3.63) is 24.3 Å². The highest BCUT2D eigenvalue weighted by molar-refractivity contribution is 5.96. The van der Waals surface area contributed by atoms with E-state index in [0.29, 0.717) is 12.2 Å². The van der Waals surface area contributed by atoms with Crippen LogP contribution >= 0.6 is 0 Å². The van der Waals surface area contributed by atoms with E-state index in [9.17, 15) is 14.7 Å². The van der Waals surface area contributed by atoms with Crippen molar-refractivity contribution in [2.45, 2.75) is 6.42 Å². The van der Waals surface area contributed by atoms with Crippen molar-refractivity contribution < 1.29 is 19.8 Å². The van der Waals surface area contributed by atoms with Crippen LogP contribution in [-0.4, -0.2) is 48.9 Å². The van der Waals surface area contributed by atoms with E-state index in [-0.39, 0.29) is 5.75 Å². The number of hydrogen-bond acceptors (Lipinski definition) is 4. The molecule has 0 fully saturated rings. The van der Waals surface area contributed by atoms with Crippen LogP contribution in [-0.2, 0) is 4.79 Å². The molecule has 1 aromatic rings. The fourth-order valence-corrected chi connectivity index (χ4v) is 1.60. The van der Waals surface area contributed by atoms with Gasteiger partial charge in [0.25, 0.3) is 0 Å². The molecule has 0 aliphatic rings. The Morgan fingerprint density at radius 1 is 1.20 bits per heavy atom. The van der Waals surface area contributed by atoms with Crippen molar-refractivity contribution in [2.75, 3.05) is 31.6 Å². The third-order valence-corrected chi connectivity index (χ3v) is 2.58. The average Bonchev–Trinajstić information content (AvgIpc) is 2.42. The molecule has 2 amide bonds. The summed E-state index contributed by atoms with van der Waals surface area (Å²) in [6, 6.07) is 5.31. The fraction of sp³-hybridized carbons (Fsp3) is 0.385. The lowest BCUT2D eigenvalue weighted by Gasteiger charge is -2.21. The Kier molecular flexibility index (Phi) is 6.31. The molecule has 4 N–H and O–H groups in total. The van der Waals surface area contributed by atoms with Crippen molar-refractivity contribution in [1.82, 2.24) is 10.6 Å². The van der Waals surface area contributed by atoms with E-state index >= 15 is 0 Å². The molecule has 0 saturated heterocycles. The topological polar surface area (TPSA) is 102 Å². The number of aliphatic carboxylic acids is 1. The molecule has 0 unspecified atom stereocenters. The lowest BCUT2D eigenvalue weighted by Crippen LogP contribution is -2.43. The molecule has 0 aliphatic carbocycles. The highest BCUT2D eigenvalue weighted by Crippen LogP contribution is 2.18. The second-order valence-electron chi connectivity index (χ2n) is 4.19. The molecule has 0 aliphatic heterocycles. The van der Waals surface area contributed by atoms with Crippen molar-refractivity contribution in [1.29, 1.82) is 0 Å². The largest absolute Gasteiger partial charge is 0.508 e. The van der Waals surface area contributed by atoms with Crippen LogP contribution in [0.1, 0.15) is 6.42 Å². The van der Waals surface area contributed by atoms with Crippen molar-refractivity contribution in [2.24, 2.45) is 0 Å². The van der Waals surface area contributed by atoms with Crippen LogP contribution in [0.2, 0.25) is 0 Å². The number of carbonyl (C=O) groups excluding carboxylic acids is 1. The number of carboxylic acid groups (broad SMARTS) is 1. The molecule has 0 bridgehead atoms. The van der Waals surface area contributed by atoms with Gasteiger partial charge >= 0.3 is 12.0 Å². The smallest absolute Gasteiger partial charge is 0.323 e. The van der Waals surface area contributed by atoms with Gasteiger partial charge in [0.15, 0.2) is 0 Å². The minimum absolute atomic E-state index is 0.0541. The first-order valence-corrected chi connectivity index (χ1v) is 6.25. The zero-order valence-electron chi connectivity index (χ0n) is 11.3. The van der Waals surface area contributed by atoms with Gasteiger partial charge in [-0.1, -0.05) is 0 Å². The van der Waals surface area contributed by atoms with Gasteiger partial charge in [-0.2, -0.15) is 0 Å². The average molecular weight is 281 g/mol. The second-order valence-corrected chi connectivity index (χ2v) is 4.19. The molecule has 0 radical (unpaired) electrons. The summed E-state index contributed by atoms with van der Waals surface area (Å²) in [6.45, 7) is 0.773. The number of carbonyl (C=O) groups is 2. The molecule has 110 valence electrons. The highest BCUT2D eigenvalue weighted by Gasteiger charge is 2.18. The SMILES string of the molecule is CNCCCNC(=O)N(CC(=O)O)c1ccc(O)cc1. The van der Waals surface area contributed by atoms with Crippen LogP contribution in [0.25, 0.3) is 0 Å². The molecular formula is C13H19N3O4. The predicted octanol–water partition coefficient (Wildman–Crippen LogP) is 0.602. The number of rotatable bonds is 7. The molecule has 0 heterocycles. The van der Waals surface area contributed by atoms with Crippen LogP contribution in [0.5, 0.6) is 5.75 Å². The third kappa shape index (κ3) is 5.15. The first-order chi connectivity index (χ1) is 9.54. The number of urea groups is 1. The van der Waals surface area contributed by atoms with Gasteiger partial charge in [0.05, 0.1) is 0 Å². The van der Waals surface area contributed by atoms with E-state index in [1.165, 1.54) is 24.3 Å². The summed E-state index contributed by atoms with van der Waals surface area (Å²) in [6.07, 6.45) is 0.749. The van der Waals surface area contributed by atoms with Gasteiger partial charge in [-0.15, -0.1) is 0 Å². The maximum absolute atomic E-state index is 12.0. The Bertz CT molecular complexity index is 447. The maximum Gasteiger partial charge on any atom is 0.323 e. The monoisotopic (exact) mass is 281 g/mol. The summed E-state index contributed by atoms with van der Waals surface area (Å²) in [5.41, 5.74) is 0.413. The van der Waals surface area contributed by atoms with E-state index < -0.39 is 18.5 Å². The third-order valence-electron chi connectivity index (χ3n) is 2.58. The standard InChI is InChI=1S/C13H19N3O4/c1-14-7-2-8-15-13(20)16(9-12(18)19)10-3-5-11(17)6-4-10/h3-6,14,17H,2,7-9H2,1H3,(H,15,20)(H,18,19). The van der Waals surface area contributed by atoms with E-state index in [1.807, 2.05) is 7.05 Å². The first-order valence-electron chi connectivity index (χ1n) is 6.25. The molecule has 7 nitrogen and oxygen atoms in total. The molecule has 0 aromatic heterocycles. The summed E-state index contributed by atoms with van der Waals surface area (Å²) >= 11 is 0. The molecule has 7 heteroatoms. The van der Waals surface area contributed by atoms with Crippen LogP contribution in [0, 0.1) is 0 Å². The predicted molar refractivity (Wildman–Crippen MR) is 75.0 cm³/mol. The van der Waals surface area contributed by atoms with Gasteiger partial charge in [-0.3, -0.25) is 9.69 Å². The fourth-order valence-electron chi connectivity index (χ4n) is 1.60. The number of phenolic OH excluding ortho intramolecular Hbond substituents is 1. The number of phenols is 1. The zero-order valence-corrected chi connectivity index (χ0v) is 11.3. The van der Waals surface area contributed by atoms with Crippen LogP contribution in [0.4, 0.5) is 10.5 Å². The van der Waals surface area contributed by atoms with E-state index in [2.05, 4.69) is 10.6 Å². The molecule has 1 aromatic carbocycles. The number of benzene rings is 1. The van der Waals surface area contributed by atoms with Gasteiger partial charge in [0, 0.05) is 12.2 Å². The van der Waals surface area contributed by atoms with Gasteiger partial charge in [0.1, 0.15) is 12.3 Å². The Morgan fingerprint density at radius 3 is 2.40 bits per heavy atom. The first kappa shape index (κ1) is 15.8. The van der Waals surface area contributed by atoms with Gasteiger partial charge in [-0.25, -0.2) is 4.79 Å². The van der Waals surface area contributed by atoms with E-state index in [4.69, 9.17) is 5.11 Å².